The summed E-state index contributed by atoms with van der Waals surface area (Å²) >= 11 is 0. The molecule has 0 amide bonds. The Labute approximate surface area is 120 Å². The van der Waals surface area contributed by atoms with Crippen LogP contribution in [-0.4, -0.2) is 19.6 Å². The van der Waals surface area contributed by atoms with Gasteiger partial charge < -0.3 is 10.2 Å². The summed E-state index contributed by atoms with van der Waals surface area (Å²) in [6.07, 6.45) is 0. The second-order valence-electron chi connectivity index (χ2n) is 4.85. The van der Waals surface area contributed by atoms with Gasteiger partial charge in [-0.25, -0.2) is 4.39 Å². The summed E-state index contributed by atoms with van der Waals surface area (Å²) in [6.45, 7) is 6.97. The average Bonchev–Trinajstić information content (AvgIpc) is 2.45. The van der Waals surface area contributed by atoms with E-state index >= 15 is 0 Å². The maximum atomic E-state index is 12.8. The normalized spacial score (nSPS) is 10.3. The molecule has 2 aromatic rings. The lowest BCUT2D eigenvalue weighted by atomic mass is 10.2. The van der Waals surface area contributed by atoms with Crippen molar-refractivity contribution in [3.63, 3.8) is 0 Å². The predicted octanol–water partition coefficient (Wildman–Crippen LogP) is 4.07. The fourth-order valence-electron chi connectivity index (χ4n) is 2.20. The number of likely N-dealkylation sites (N-methyl/N-ethyl adjacent to an activating group) is 1. The minimum atomic E-state index is -0.203. The minimum Gasteiger partial charge on any atom is -0.383 e. The van der Waals surface area contributed by atoms with E-state index in [9.17, 15) is 4.39 Å². The topological polar surface area (TPSA) is 15.3 Å². The van der Waals surface area contributed by atoms with Crippen molar-refractivity contribution in [2.45, 2.75) is 13.8 Å². The van der Waals surface area contributed by atoms with Gasteiger partial charge in [0.1, 0.15) is 5.82 Å². The zero-order chi connectivity index (χ0) is 14.4. The van der Waals surface area contributed by atoms with Gasteiger partial charge in [-0.3, -0.25) is 0 Å². The van der Waals surface area contributed by atoms with E-state index < -0.39 is 0 Å². The van der Waals surface area contributed by atoms with Crippen LogP contribution in [0.1, 0.15) is 12.5 Å². The molecule has 20 heavy (non-hydrogen) atoms. The third kappa shape index (κ3) is 3.98. The van der Waals surface area contributed by atoms with Crippen LogP contribution in [0, 0.1) is 12.7 Å². The Hall–Kier alpha value is -2.03. The zero-order valence-corrected chi connectivity index (χ0v) is 12.1. The van der Waals surface area contributed by atoms with Gasteiger partial charge >= 0.3 is 0 Å². The lowest BCUT2D eigenvalue weighted by Crippen LogP contribution is -2.28. The number of hydrogen-bond acceptors (Lipinski definition) is 2. The van der Waals surface area contributed by atoms with Gasteiger partial charge in [-0.15, -0.1) is 0 Å². The number of nitrogens with zero attached hydrogens (tertiary/aromatic N) is 1. The summed E-state index contributed by atoms with van der Waals surface area (Å²) in [5.41, 5.74) is 3.47. The molecule has 0 spiro atoms. The fraction of sp³-hybridized carbons (Fsp3) is 0.294. The summed E-state index contributed by atoms with van der Waals surface area (Å²) in [5, 5.41) is 3.31. The van der Waals surface area contributed by atoms with Crippen LogP contribution in [-0.2, 0) is 0 Å². The smallest absolute Gasteiger partial charge is 0.123 e. The van der Waals surface area contributed by atoms with E-state index in [0.29, 0.717) is 0 Å². The van der Waals surface area contributed by atoms with Gasteiger partial charge in [-0.2, -0.15) is 0 Å². The van der Waals surface area contributed by atoms with Gasteiger partial charge in [0.05, 0.1) is 0 Å². The highest BCUT2D eigenvalue weighted by Gasteiger charge is 2.03. The van der Waals surface area contributed by atoms with Crippen molar-refractivity contribution in [2.24, 2.45) is 0 Å². The summed E-state index contributed by atoms with van der Waals surface area (Å²) in [5.74, 6) is -0.203. The standard InChI is InChI=1S/C17H21FN2/c1-3-20(17-6-4-5-14(2)13-17)12-11-19-16-9-7-15(18)8-10-16/h4-10,13,19H,3,11-12H2,1-2H3. The highest BCUT2D eigenvalue weighted by atomic mass is 19.1. The van der Waals surface area contributed by atoms with Gasteiger partial charge in [-0.05, 0) is 55.8 Å². The van der Waals surface area contributed by atoms with E-state index in [1.54, 1.807) is 12.1 Å². The molecule has 0 bridgehead atoms. The molecule has 3 heteroatoms. The Morgan fingerprint density at radius 1 is 1.10 bits per heavy atom. The number of nitrogens with one attached hydrogen (secondary N) is 1. The predicted molar refractivity (Wildman–Crippen MR) is 84.0 cm³/mol. The van der Waals surface area contributed by atoms with Crippen LogP contribution in [0.25, 0.3) is 0 Å². The van der Waals surface area contributed by atoms with E-state index in [1.807, 2.05) is 0 Å². The van der Waals surface area contributed by atoms with Gasteiger partial charge in [0.25, 0.3) is 0 Å². The maximum absolute atomic E-state index is 12.8. The monoisotopic (exact) mass is 272 g/mol. The Morgan fingerprint density at radius 2 is 1.85 bits per heavy atom. The third-order valence-electron chi connectivity index (χ3n) is 3.30. The molecule has 0 heterocycles. The van der Waals surface area contributed by atoms with Crippen molar-refractivity contribution in [1.82, 2.24) is 0 Å². The summed E-state index contributed by atoms with van der Waals surface area (Å²) in [7, 11) is 0. The number of halogens is 1. The van der Waals surface area contributed by atoms with Crippen LogP contribution in [0.4, 0.5) is 15.8 Å². The SMILES string of the molecule is CCN(CCNc1ccc(F)cc1)c1cccc(C)c1. The van der Waals surface area contributed by atoms with Crippen molar-refractivity contribution < 1.29 is 4.39 Å². The summed E-state index contributed by atoms with van der Waals surface area (Å²) in [4.78, 5) is 2.32. The molecule has 0 fully saturated rings. The lowest BCUT2D eigenvalue weighted by molar-refractivity contribution is 0.628. The van der Waals surface area contributed by atoms with Crippen LogP contribution in [0.2, 0.25) is 0 Å². The van der Waals surface area contributed by atoms with Gasteiger partial charge in [0, 0.05) is 31.0 Å². The number of benzene rings is 2. The van der Waals surface area contributed by atoms with Crippen molar-refractivity contribution in [3.05, 3.63) is 59.9 Å². The largest absolute Gasteiger partial charge is 0.383 e. The molecule has 0 unspecified atom stereocenters. The van der Waals surface area contributed by atoms with E-state index in [4.69, 9.17) is 0 Å². The van der Waals surface area contributed by atoms with Crippen LogP contribution in [0.15, 0.2) is 48.5 Å². The lowest BCUT2D eigenvalue weighted by Gasteiger charge is -2.24. The van der Waals surface area contributed by atoms with Crippen molar-refractivity contribution >= 4 is 11.4 Å². The van der Waals surface area contributed by atoms with Gasteiger partial charge in [0.15, 0.2) is 0 Å². The molecular weight excluding hydrogens is 251 g/mol. The third-order valence-corrected chi connectivity index (χ3v) is 3.30. The van der Waals surface area contributed by atoms with E-state index in [-0.39, 0.29) is 5.82 Å². The van der Waals surface area contributed by atoms with Crippen LogP contribution >= 0.6 is 0 Å². The number of anilines is 2. The molecule has 0 radical (unpaired) electrons. The van der Waals surface area contributed by atoms with E-state index in [1.165, 1.54) is 23.4 Å². The van der Waals surface area contributed by atoms with Crippen LogP contribution in [0.5, 0.6) is 0 Å². The first-order chi connectivity index (χ1) is 9.69. The molecular formula is C17H21FN2. The fourth-order valence-corrected chi connectivity index (χ4v) is 2.20. The number of hydrogen-bond donors (Lipinski definition) is 1. The molecule has 0 atom stereocenters. The highest BCUT2D eigenvalue weighted by Crippen LogP contribution is 2.15. The number of rotatable bonds is 6. The Morgan fingerprint density at radius 3 is 2.50 bits per heavy atom. The summed E-state index contributed by atoms with van der Waals surface area (Å²) in [6, 6.07) is 15.0. The molecule has 0 aliphatic rings. The van der Waals surface area contributed by atoms with Gasteiger partial charge in [0.2, 0.25) is 0 Å². The molecule has 2 rings (SSSR count). The van der Waals surface area contributed by atoms with E-state index in [2.05, 4.69) is 48.3 Å². The van der Waals surface area contributed by atoms with Crippen molar-refractivity contribution in [2.75, 3.05) is 29.9 Å². The van der Waals surface area contributed by atoms with Gasteiger partial charge in [-0.1, -0.05) is 12.1 Å². The zero-order valence-electron chi connectivity index (χ0n) is 12.1. The molecule has 0 saturated carbocycles. The first-order valence-electron chi connectivity index (χ1n) is 7.00. The number of aryl methyl sites for hydroxylation is 1. The Balaban J connectivity index is 1.89. The molecule has 2 aromatic carbocycles. The van der Waals surface area contributed by atoms with Crippen molar-refractivity contribution in [3.8, 4) is 0 Å². The molecule has 0 aliphatic carbocycles. The Kier molecular flexibility index (Phi) is 4.99. The molecule has 1 N–H and O–H groups in total. The van der Waals surface area contributed by atoms with Crippen LogP contribution in [0.3, 0.4) is 0 Å². The second-order valence-corrected chi connectivity index (χ2v) is 4.85. The molecule has 0 aliphatic heterocycles. The maximum Gasteiger partial charge on any atom is 0.123 e. The van der Waals surface area contributed by atoms with E-state index in [0.717, 1.165) is 25.3 Å². The van der Waals surface area contributed by atoms with Crippen LogP contribution < -0.4 is 10.2 Å². The summed E-state index contributed by atoms with van der Waals surface area (Å²) < 4.78 is 12.8. The Bertz CT molecular complexity index is 537. The average molecular weight is 272 g/mol. The second kappa shape index (κ2) is 6.94. The highest BCUT2D eigenvalue weighted by molar-refractivity contribution is 5.49. The molecule has 0 aromatic heterocycles. The van der Waals surface area contributed by atoms with Crippen molar-refractivity contribution in [1.29, 1.82) is 0 Å². The quantitative estimate of drug-likeness (QED) is 0.852. The first kappa shape index (κ1) is 14.4. The molecule has 0 saturated heterocycles. The molecule has 106 valence electrons. The molecule has 2 nitrogen and oxygen atoms in total. The first-order valence-corrected chi connectivity index (χ1v) is 7.00. The minimum absolute atomic E-state index is 0.203.